The van der Waals surface area contributed by atoms with Crippen molar-refractivity contribution in [3.8, 4) is 0 Å². The normalized spacial score (nSPS) is 15.0. The highest BCUT2D eigenvalue weighted by Gasteiger charge is 2.26. The predicted octanol–water partition coefficient (Wildman–Crippen LogP) is 4.22. The van der Waals surface area contributed by atoms with Gasteiger partial charge in [-0.2, -0.15) is 0 Å². The summed E-state index contributed by atoms with van der Waals surface area (Å²) in [6.45, 7) is 7.01. The molecule has 0 bridgehead atoms. The van der Waals surface area contributed by atoms with Crippen LogP contribution in [0.3, 0.4) is 0 Å². The minimum absolute atomic E-state index is 0.486. The molecule has 0 atom stereocenters. The van der Waals surface area contributed by atoms with E-state index in [9.17, 15) is 9.90 Å². The van der Waals surface area contributed by atoms with E-state index >= 15 is 0 Å². The molecule has 1 aromatic heterocycles. The third kappa shape index (κ3) is 2.95. The van der Waals surface area contributed by atoms with Gasteiger partial charge in [-0.15, -0.1) is 0 Å². The number of benzene rings is 1. The van der Waals surface area contributed by atoms with Gasteiger partial charge < -0.3 is 14.6 Å². The number of fused-ring (bicyclic) bond motifs is 3. The lowest BCUT2D eigenvalue weighted by Gasteiger charge is -2.24. The minimum atomic E-state index is -0.809. The Bertz CT molecular complexity index is 761. The SMILES string of the molecule is CCCCCCn1c2c(c3ccc(C)c(C(=O)O)c31)CN(C)CC2. The Kier molecular flexibility index (Phi) is 4.95. The van der Waals surface area contributed by atoms with E-state index in [4.69, 9.17) is 0 Å². The molecule has 3 rings (SSSR count). The van der Waals surface area contributed by atoms with E-state index in [0.29, 0.717) is 5.56 Å². The van der Waals surface area contributed by atoms with Gasteiger partial charge in [-0.25, -0.2) is 4.79 Å². The van der Waals surface area contributed by atoms with Gasteiger partial charge in [-0.05, 0) is 31.5 Å². The lowest BCUT2D eigenvalue weighted by molar-refractivity contribution is 0.0698. The molecule has 0 saturated heterocycles. The van der Waals surface area contributed by atoms with E-state index in [0.717, 1.165) is 48.9 Å². The summed E-state index contributed by atoms with van der Waals surface area (Å²) in [6.07, 6.45) is 5.79. The van der Waals surface area contributed by atoms with E-state index in [2.05, 4.69) is 29.5 Å². The molecule has 1 aliphatic heterocycles. The van der Waals surface area contributed by atoms with Crippen LogP contribution < -0.4 is 0 Å². The quantitative estimate of drug-likeness (QED) is 0.808. The first-order valence-electron chi connectivity index (χ1n) is 9.10. The highest BCUT2D eigenvalue weighted by Crippen LogP contribution is 2.34. The molecule has 4 nitrogen and oxygen atoms in total. The molecular weight excluding hydrogens is 300 g/mol. The topological polar surface area (TPSA) is 45.5 Å². The van der Waals surface area contributed by atoms with Crippen molar-refractivity contribution in [2.24, 2.45) is 0 Å². The van der Waals surface area contributed by atoms with Crippen molar-refractivity contribution in [1.82, 2.24) is 9.47 Å². The summed E-state index contributed by atoms with van der Waals surface area (Å²) in [5, 5.41) is 10.9. The number of rotatable bonds is 6. The summed E-state index contributed by atoms with van der Waals surface area (Å²) in [6, 6.07) is 4.08. The smallest absolute Gasteiger partial charge is 0.338 e. The molecule has 0 amide bonds. The maximum atomic E-state index is 11.9. The van der Waals surface area contributed by atoms with Crippen molar-refractivity contribution in [3.63, 3.8) is 0 Å². The van der Waals surface area contributed by atoms with Crippen LogP contribution >= 0.6 is 0 Å². The zero-order valence-electron chi connectivity index (χ0n) is 15.1. The van der Waals surface area contributed by atoms with Gasteiger partial charge >= 0.3 is 5.97 Å². The Labute approximate surface area is 144 Å². The Morgan fingerprint density at radius 1 is 1.25 bits per heavy atom. The molecule has 0 spiro atoms. The first-order chi connectivity index (χ1) is 11.5. The van der Waals surface area contributed by atoms with Gasteiger partial charge in [0.2, 0.25) is 0 Å². The molecule has 0 aliphatic carbocycles. The highest BCUT2D eigenvalue weighted by molar-refractivity contribution is 6.05. The third-order valence-electron chi connectivity index (χ3n) is 5.26. The van der Waals surface area contributed by atoms with E-state index in [1.165, 1.54) is 30.5 Å². The van der Waals surface area contributed by atoms with E-state index < -0.39 is 5.97 Å². The van der Waals surface area contributed by atoms with Crippen molar-refractivity contribution < 1.29 is 9.90 Å². The molecule has 24 heavy (non-hydrogen) atoms. The van der Waals surface area contributed by atoms with Crippen LogP contribution in [0.2, 0.25) is 0 Å². The Morgan fingerprint density at radius 2 is 2.04 bits per heavy atom. The molecule has 0 saturated carbocycles. The first kappa shape index (κ1) is 17.0. The summed E-state index contributed by atoms with van der Waals surface area (Å²) in [7, 11) is 2.14. The minimum Gasteiger partial charge on any atom is -0.478 e. The molecule has 1 aromatic carbocycles. The maximum absolute atomic E-state index is 11.9. The van der Waals surface area contributed by atoms with Crippen molar-refractivity contribution in [2.75, 3.05) is 13.6 Å². The van der Waals surface area contributed by atoms with Crippen molar-refractivity contribution in [3.05, 3.63) is 34.5 Å². The Balaban J connectivity index is 2.15. The van der Waals surface area contributed by atoms with Crippen LogP contribution in [-0.2, 0) is 19.5 Å². The number of aromatic carboxylic acids is 1. The number of likely N-dealkylation sites (N-methyl/N-ethyl adjacent to an activating group) is 1. The van der Waals surface area contributed by atoms with Crippen LogP contribution in [0.4, 0.5) is 0 Å². The molecule has 1 N–H and O–H groups in total. The molecule has 1 aliphatic rings. The second-order valence-corrected chi connectivity index (χ2v) is 7.08. The molecule has 0 radical (unpaired) electrons. The van der Waals surface area contributed by atoms with Crippen LogP contribution in [0.1, 0.15) is 59.8 Å². The second-order valence-electron chi connectivity index (χ2n) is 7.08. The van der Waals surface area contributed by atoms with Gasteiger partial charge in [0.1, 0.15) is 0 Å². The number of unbranched alkanes of at least 4 members (excludes halogenated alkanes) is 3. The van der Waals surface area contributed by atoms with Gasteiger partial charge in [0.15, 0.2) is 0 Å². The van der Waals surface area contributed by atoms with E-state index in [-0.39, 0.29) is 0 Å². The van der Waals surface area contributed by atoms with Crippen LogP contribution in [0.25, 0.3) is 10.9 Å². The number of hydrogen-bond donors (Lipinski definition) is 1. The summed E-state index contributed by atoms with van der Waals surface area (Å²) in [5.41, 5.74) is 4.97. The number of carboxylic acids is 1. The van der Waals surface area contributed by atoms with E-state index in [1.807, 2.05) is 13.0 Å². The lowest BCUT2D eigenvalue weighted by Crippen LogP contribution is -2.27. The van der Waals surface area contributed by atoms with Gasteiger partial charge in [0, 0.05) is 37.1 Å². The van der Waals surface area contributed by atoms with Crippen molar-refractivity contribution in [1.29, 1.82) is 0 Å². The van der Waals surface area contributed by atoms with Gasteiger partial charge in [0.25, 0.3) is 0 Å². The largest absolute Gasteiger partial charge is 0.478 e. The molecule has 2 heterocycles. The fourth-order valence-corrected chi connectivity index (χ4v) is 3.99. The van der Waals surface area contributed by atoms with Crippen LogP contribution in [0, 0.1) is 6.92 Å². The van der Waals surface area contributed by atoms with Gasteiger partial charge in [-0.3, -0.25) is 0 Å². The maximum Gasteiger partial charge on any atom is 0.338 e. The Morgan fingerprint density at radius 3 is 2.75 bits per heavy atom. The Hall–Kier alpha value is -1.81. The van der Waals surface area contributed by atoms with Gasteiger partial charge in [-0.1, -0.05) is 38.3 Å². The number of aromatic nitrogens is 1. The molecule has 0 unspecified atom stereocenters. The zero-order valence-corrected chi connectivity index (χ0v) is 15.1. The number of carboxylic acid groups (broad SMARTS) is 1. The lowest BCUT2D eigenvalue weighted by atomic mass is 10.0. The number of carbonyl (C=O) groups is 1. The standard InChI is InChI=1S/C20H28N2O2/c1-4-5-6-7-11-22-17-10-12-21(3)13-16(17)15-9-8-14(2)18(19(15)22)20(23)24/h8-9H,4-7,10-13H2,1-3H3,(H,23,24). The number of aryl methyl sites for hydroxylation is 2. The highest BCUT2D eigenvalue weighted by atomic mass is 16.4. The molecule has 2 aromatic rings. The molecular formula is C20H28N2O2. The summed E-state index contributed by atoms with van der Waals surface area (Å²) < 4.78 is 2.32. The fraction of sp³-hybridized carbons (Fsp3) is 0.550. The number of hydrogen-bond acceptors (Lipinski definition) is 2. The first-order valence-corrected chi connectivity index (χ1v) is 9.10. The average Bonchev–Trinajstić information content (AvgIpc) is 2.84. The molecule has 4 heteroatoms. The predicted molar refractivity (Wildman–Crippen MR) is 97.8 cm³/mol. The van der Waals surface area contributed by atoms with Crippen molar-refractivity contribution >= 4 is 16.9 Å². The second kappa shape index (κ2) is 6.98. The average molecular weight is 328 g/mol. The number of nitrogens with zero attached hydrogens (tertiary/aromatic N) is 2. The van der Waals surface area contributed by atoms with Gasteiger partial charge in [0.05, 0.1) is 11.1 Å². The zero-order chi connectivity index (χ0) is 17.3. The van der Waals surface area contributed by atoms with Crippen LogP contribution in [0.15, 0.2) is 12.1 Å². The molecule has 0 fully saturated rings. The van der Waals surface area contributed by atoms with E-state index in [1.54, 1.807) is 0 Å². The fourth-order valence-electron chi connectivity index (χ4n) is 3.99. The van der Waals surface area contributed by atoms with Crippen molar-refractivity contribution in [2.45, 2.75) is 59.0 Å². The summed E-state index contributed by atoms with van der Waals surface area (Å²) >= 11 is 0. The summed E-state index contributed by atoms with van der Waals surface area (Å²) in [4.78, 5) is 14.2. The van der Waals surface area contributed by atoms with Crippen LogP contribution in [-0.4, -0.2) is 34.1 Å². The third-order valence-corrected chi connectivity index (χ3v) is 5.26. The monoisotopic (exact) mass is 328 g/mol. The van der Waals surface area contributed by atoms with Crippen LogP contribution in [0.5, 0.6) is 0 Å². The summed E-state index contributed by atoms with van der Waals surface area (Å²) in [5.74, 6) is -0.809. The molecule has 130 valence electrons.